The molecule has 10 heteroatoms. The highest BCUT2D eigenvalue weighted by molar-refractivity contribution is 6.02. The molecule has 2 aromatic carbocycles. The molecule has 1 N–H and O–H groups in total. The molecule has 0 spiro atoms. The first-order valence-electron chi connectivity index (χ1n) is 7.89. The van der Waals surface area contributed by atoms with Crippen molar-refractivity contribution in [3.05, 3.63) is 91.9 Å². The molecule has 1 aromatic heterocycles. The third-order valence-corrected chi connectivity index (χ3v) is 3.81. The number of anilines is 1. The Kier molecular flexibility index (Phi) is 4.94. The van der Waals surface area contributed by atoms with Gasteiger partial charge in [0.05, 0.1) is 10.6 Å². The largest absolute Gasteiger partial charge is 0.318 e. The van der Waals surface area contributed by atoms with E-state index in [1.54, 1.807) is 6.07 Å². The number of nitro groups is 1. The summed E-state index contributed by atoms with van der Waals surface area (Å²) in [6.07, 6.45) is 0. The van der Waals surface area contributed by atoms with Crippen LogP contribution in [0.4, 0.5) is 20.2 Å². The van der Waals surface area contributed by atoms with Crippen molar-refractivity contribution in [1.29, 1.82) is 0 Å². The van der Waals surface area contributed by atoms with Crippen LogP contribution in [0.15, 0.2) is 53.3 Å². The predicted molar refractivity (Wildman–Crippen MR) is 95.5 cm³/mol. The lowest BCUT2D eigenvalue weighted by Gasteiger charge is -2.12. The van der Waals surface area contributed by atoms with E-state index in [9.17, 15) is 28.5 Å². The molecule has 0 saturated carbocycles. The zero-order valence-corrected chi connectivity index (χ0v) is 14.3. The first-order valence-corrected chi connectivity index (χ1v) is 7.89. The molecule has 142 valence electrons. The van der Waals surface area contributed by atoms with E-state index < -0.39 is 45.0 Å². The van der Waals surface area contributed by atoms with Gasteiger partial charge in [-0.2, -0.15) is 5.10 Å². The topological polar surface area (TPSA) is 107 Å². The molecule has 1 heterocycles. The Hall–Kier alpha value is -3.95. The second kappa shape index (κ2) is 7.35. The van der Waals surface area contributed by atoms with Crippen LogP contribution in [-0.2, 0) is 0 Å². The smallest absolute Gasteiger partial charge is 0.280 e. The number of halogens is 2. The fraction of sp³-hybridized carbons (Fsp3) is 0.0556. The average Bonchev–Trinajstić information content (AvgIpc) is 2.64. The average molecular weight is 386 g/mol. The molecule has 1 amide bonds. The zero-order chi connectivity index (χ0) is 20.4. The van der Waals surface area contributed by atoms with Crippen LogP contribution in [0.1, 0.15) is 16.2 Å². The number of carbonyl (C=O) groups is 1. The lowest BCUT2D eigenvalue weighted by molar-refractivity contribution is -0.384. The number of benzene rings is 2. The fourth-order valence-corrected chi connectivity index (χ4v) is 2.48. The number of nitro benzene ring substituents is 1. The number of amides is 1. The van der Waals surface area contributed by atoms with E-state index in [1.165, 1.54) is 25.1 Å². The standard InChI is InChI=1S/C18H12F2N4O4/c1-10-8-16(25)17(22-23(10)15-5-3-2-4-13(15)20)18(26)21-14-9-11(24(27)28)6-7-12(14)19/h2-9H,1H3,(H,21,26). The maximum atomic E-state index is 14.1. The molecule has 0 aliphatic carbocycles. The summed E-state index contributed by atoms with van der Waals surface area (Å²) in [6.45, 7) is 1.50. The summed E-state index contributed by atoms with van der Waals surface area (Å²) in [4.78, 5) is 34.7. The molecular formula is C18H12F2N4O4. The van der Waals surface area contributed by atoms with E-state index in [0.717, 1.165) is 28.9 Å². The monoisotopic (exact) mass is 386 g/mol. The van der Waals surface area contributed by atoms with Gasteiger partial charge in [0.25, 0.3) is 11.6 Å². The van der Waals surface area contributed by atoms with Crippen molar-refractivity contribution >= 4 is 17.3 Å². The van der Waals surface area contributed by atoms with Crippen LogP contribution in [0, 0.1) is 28.7 Å². The van der Waals surface area contributed by atoms with Crippen LogP contribution in [0.5, 0.6) is 0 Å². The summed E-state index contributed by atoms with van der Waals surface area (Å²) in [5, 5.41) is 16.8. The van der Waals surface area contributed by atoms with E-state index in [0.29, 0.717) is 0 Å². The molecular weight excluding hydrogens is 374 g/mol. The van der Waals surface area contributed by atoms with E-state index in [1.807, 2.05) is 0 Å². The van der Waals surface area contributed by atoms with E-state index in [4.69, 9.17) is 0 Å². The second-order valence-electron chi connectivity index (χ2n) is 5.74. The van der Waals surface area contributed by atoms with Gasteiger partial charge in [0.15, 0.2) is 5.69 Å². The highest BCUT2D eigenvalue weighted by Gasteiger charge is 2.19. The molecule has 0 bridgehead atoms. The first-order chi connectivity index (χ1) is 13.3. The normalized spacial score (nSPS) is 10.5. The minimum Gasteiger partial charge on any atom is -0.318 e. The maximum Gasteiger partial charge on any atom is 0.280 e. The molecule has 0 unspecified atom stereocenters. The van der Waals surface area contributed by atoms with Crippen LogP contribution in [0.25, 0.3) is 5.69 Å². The molecule has 0 radical (unpaired) electrons. The number of para-hydroxylation sites is 1. The number of carbonyl (C=O) groups excluding carboxylic acids is 1. The number of rotatable bonds is 4. The van der Waals surface area contributed by atoms with E-state index in [2.05, 4.69) is 10.4 Å². The Morgan fingerprint density at radius 1 is 1.14 bits per heavy atom. The highest BCUT2D eigenvalue weighted by Crippen LogP contribution is 2.21. The third kappa shape index (κ3) is 3.61. The Bertz CT molecular complexity index is 1160. The number of nitrogens with zero attached hydrogens (tertiary/aromatic N) is 3. The predicted octanol–water partition coefficient (Wildman–Crippen LogP) is 2.98. The Morgan fingerprint density at radius 2 is 1.86 bits per heavy atom. The van der Waals surface area contributed by atoms with Crippen LogP contribution in [0.3, 0.4) is 0 Å². The SMILES string of the molecule is Cc1cc(=O)c(C(=O)Nc2cc([N+](=O)[O-])ccc2F)nn1-c1ccccc1F. The van der Waals surface area contributed by atoms with Gasteiger partial charge in [-0.3, -0.25) is 19.7 Å². The summed E-state index contributed by atoms with van der Waals surface area (Å²) in [6, 6.07) is 9.25. The third-order valence-electron chi connectivity index (χ3n) is 3.81. The molecule has 8 nitrogen and oxygen atoms in total. The van der Waals surface area contributed by atoms with Crippen molar-refractivity contribution in [2.24, 2.45) is 0 Å². The summed E-state index contributed by atoms with van der Waals surface area (Å²) >= 11 is 0. The number of nitrogens with one attached hydrogen (secondary N) is 1. The number of non-ortho nitro benzene ring substituents is 1. The molecule has 3 rings (SSSR count). The Balaban J connectivity index is 2.03. The minimum absolute atomic E-state index is 0.00980. The number of hydrogen-bond acceptors (Lipinski definition) is 5. The summed E-state index contributed by atoms with van der Waals surface area (Å²) in [5.41, 5.74) is -2.05. The van der Waals surface area contributed by atoms with Crippen LogP contribution < -0.4 is 10.7 Å². The maximum absolute atomic E-state index is 14.1. The van der Waals surface area contributed by atoms with E-state index in [-0.39, 0.29) is 11.4 Å². The Morgan fingerprint density at radius 3 is 2.54 bits per heavy atom. The summed E-state index contributed by atoms with van der Waals surface area (Å²) in [7, 11) is 0. The molecule has 28 heavy (non-hydrogen) atoms. The van der Waals surface area contributed by atoms with Gasteiger partial charge in [-0.1, -0.05) is 12.1 Å². The molecule has 0 fully saturated rings. The first kappa shape index (κ1) is 18.8. The quantitative estimate of drug-likeness (QED) is 0.548. The van der Waals surface area contributed by atoms with Gasteiger partial charge < -0.3 is 5.32 Å². The van der Waals surface area contributed by atoms with Crippen LogP contribution in [0.2, 0.25) is 0 Å². The van der Waals surface area contributed by atoms with Crippen LogP contribution in [-0.4, -0.2) is 20.6 Å². The van der Waals surface area contributed by atoms with Gasteiger partial charge in [0, 0.05) is 23.9 Å². The van der Waals surface area contributed by atoms with Gasteiger partial charge in [0.1, 0.15) is 17.3 Å². The van der Waals surface area contributed by atoms with Crippen molar-refractivity contribution in [3.63, 3.8) is 0 Å². The van der Waals surface area contributed by atoms with Crippen molar-refractivity contribution in [2.45, 2.75) is 6.92 Å². The van der Waals surface area contributed by atoms with Crippen molar-refractivity contribution in [1.82, 2.24) is 9.78 Å². The fourth-order valence-electron chi connectivity index (χ4n) is 2.48. The van der Waals surface area contributed by atoms with Gasteiger partial charge in [-0.25, -0.2) is 13.5 Å². The van der Waals surface area contributed by atoms with Gasteiger partial charge in [0.2, 0.25) is 5.43 Å². The Labute approximate surface area is 156 Å². The summed E-state index contributed by atoms with van der Waals surface area (Å²) in [5.74, 6) is -2.65. The summed E-state index contributed by atoms with van der Waals surface area (Å²) < 4.78 is 29.0. The van der Waals surface area contributed by atoms with Crippen LogP contribution >= 0.6 is 0 Å². The van der Waals surface area contributed by atoms with E-state index >= 15 is 0 Å². The lowest BCUT2D eigenvalue weighted by atomic mass is 10.2. The number of aromatic nitrogens is 2. The van der Waals surface area contributed by atoms with Crippen molar-refractivity contribution < 1.29 is 18.5 Å². The van der Waals surface area contributed by atoms with Gasteiger partial charge in [-0.15, -0.1) is 0 Å². The van der Waals surface area contributed by atoms with Gasteiger partial charge in [-0.05, 0) is 25.1 Å². The second-order valence-corrected chi connectivity index (χ2v) is 5.74. The number of aryl methyl sites for hydroxylation is 1. The minimum atomic E-state index is -1.09. The molecule has 0 aliphatic rings. The molecule has 0 aliphatic heterocycles. The van der Waals surface area contributed by atoms with Crippen molar-refractivity contribution in [2.75, 3.05) is 5.32 Å². The zero-order valence-electron chi connectivity index (χ0n) is 14.3. The van der Waals surface area contributed by atoms with Gasteiger partial charge >= 0.3 is 0 Å². The molecule has 0 atom stereocenters. The molecule has 3 aromatic rings. The number of hydrogen-bond donors (Lipinski definition) is 1. The molecule has 0 saturated heterocycles. The highest BCUT2D eigenvalue weighted by atomic mass is 19.1. The lowest BCUT2D eigenvalue weighted by Crippen LogP contribution is -2.27. The van der Waals surface area contributed by atoms with Crippen molar-refractivity contribution in [3.8, 4) is 5.69 Å².